The second-order valence-electron chi connectivity index (χ2n) is 7.05. The first-order chi connectivity index (χ1) is 11.1. The molecule has 134 valence electrons. The van der Waals surface area contributed by atoms with E-state index in [4.69, 9.17) is 10.5 Å². The molecule has 1 aromatic carbocycles. The lowest BCUT2D eigenvalue weighted by Crippen LogP contribution is -2.68. The number of benzene rings is 1. The van der Waals surface area contributed by atoms with Crippen LogP contribution >= 0.6 is 12.4 Å². The number of nitrogens with two attached hydrogens (primary N) is 1. The van der Waals surface area contributed by atoms with Gasteiger partial charge in [0, 0.05) is 24.1 Å². The number of hydrogen-bond acceptors (Lipinski definition) is 3. The fourth-order valence-corrected chi connectivity index (χ4v) is 4.07. The predicted octanol–water partition coefficient (Wildman–Crippen LogP) is 3.21. The van der Waals surface area contributed by atoms with Gasteiger partial charge in [0.15, 0.2) is 0 Å². The van der Waals surface area contributed by atoms with Crippen LogP contribution < -0.4 is 11.1 Å². The highest BCUT2D eigenvalue weighted by Gasteiger charge is 2.59. The summed E-state index contributed by atoms with van der Waals surface area (Å²) in [5, 5.41) is 3.25. The molecule has 0 saturated heterocycles. The third-order valence-electron chi connectivity index (χ3n) is 5.89. The lowest BCUT2D eigenvalue weighted by molar-refractivity contribution is -0.176. The molecule has 0 radical (unpaired) electrons. The number of carbonyl (C=O) groups excluding carboxylic acids is 1. The zero-order valence-electron chi connectivity index (χ0n) is 14.5. The van der Waals surface area contributed by atoms with Gasteiger partial charge in [-0.2, -0.15) is 0 Å². The molecule has 0 heterocycles. The molecule has 3 N–H and O–H groups in total. The SMILES string of the molecule is CCOC1CC(NC(=O)C(C)C(N)c2ccccc2)C12CCC2.Cl. The molecule has 0 bridgehead atoms. The monoisotopic (exact) mass is 352 g/mol. The van der Waals surface area contributed by atoms with Crippen molar-refractivity contribution >= 4 is 18.3 Å². The Bertz CT molecular complexity index is 548. The van der Waals surface area contributed by atoms with E-state index in [9.17, 15) is 4.79 Å². The summed E-state index contributed by atoms with van der Waals surface area (Å²) >= 11 is 0. The van der Waals surface area contributed by atoms with Gasteiger partial charge in [-0.3, -0.25) is 4.79 Å². The van der Waals surface area contributed by atoms with E-state index in [0.717, 1.165) is 18.6 Å². The fourth-order valence-electron chi connectivity index (χ4n) is 4.07. The van der Waals surface area contributed by atoms with Gasteiger partial charge in [0.25, 0.3) is 0 Å². The third-order valence-corrected chi connectivity index (χ3v) is 5.89. The average molecular weight is 353 g/mol. The van der Waals surface area contributed by atoms with Gasteiger partial charge in [-0.25, -0.2) is 0 Å². The van der Waals surface area contributed by atoms with Crippen LogP contribution in [0.4, 0.5) is 0 Å². The molecule has 1 aromatic rings. The Morgan fingerprint density at radius 2 is 2.04 bits per heavy atom. The zero-order valence-corrected chi connectivity index (χ0v) is 15.4. The van der Waals surface area contributed by atoms with Crippen molar-refractivity contribution in [1.82, 2.24) is 5.32 Å². The summed E-state index contributed by atoms with van der Waals surface area (Å²) in [6.07, 6.45) is 4.84. The maximum absolute atomic E-state index is 12.6. The van der Waals surface area contributed by atoms with Crippen molar-refractivity contribution in [2.24, 2.45) is 17.1 Å². The molecule has 1 amide bonds. The normalized spacial score (nSPS) is 26.5. The molecule has 5 heteroatoms. The molecule has 2 fully saturated rings. The van der Waals surface area contributed by atoms with Crippen molar-refractivity contribution in [3.05, 3.63) is 35.9 Å². The van der Waals surface area contributed by atoms with Crippen molar-refractivity contribution in [3.63, 3.8) is 0 Å². The first kappa shape index (κ1) is 19.2. The first-order valence-corrected chi connectivity index (χ1v) is 8.81. The number of ether oxygens (including phenoxy) is 1. The molecule has 0 aromatic heterocycles. The summed E-state index contributed by atoms with van der Waals surface area (Å²) < 4.78 is 5.85. The Morgan fingerprint density at radius 3 is 2.58 bits per heavy atom. The summed E-state index contributed by atoms with van der Waals surface area (Å²) in [5.74, 6) is -0.173. The largest absolute Gasteiger partial charge is 0.378 e. The number of hydrogen-bond donors (Lipinski definition) is 2. The number of carbonyl (C=O) groups is 1. The molecule has 1 spiro atoms. The number of halogens is 1. The molecule has 0 aliphatic heterocycles. The molecular weight excluding hydrogens is 324 g/mol. The van der Waals surface area contributed by atoms with Gasteiger partial charge in [0.2, 0.25) is 5.91 Å². The Labute approximate surface area is 150 Å². The highest BCUT2D eigenvalue weighted by molar-refractivity contribution is 5.85. The second-order valence-corrected chi connectivity index (χ2v) is 7.05. The third kappa shape index (κ3) is 3.32. The molecule has 24 heavy (non-hydrogen) atoms. The summed E-state index contributed by atoms with van der Waals surface area (Å²) in [4.78, 5) is 12.6. The summed E-state index contributed by atoms with van der Waals surface area (Å²) in [6.45, 7) is 4.71. The zero-order chi connectivity index (χ0) is 16.4. The van der Waals surface area contributed by atoms with E-state index in [2.05, 4.69) is 5.32 Å². The molecule has 4 unspecified atom stereocenters. The Hall–Kier alpha value is -1.10. The van der Waals surface area contributed by atoms with Crippen molar-refractivity contribution in [2.75, 3.05) is 6.61 Å². The Morgan fingerprint density at radius 1 is 1.38 bits per heavy atom. The highest BCUT2D eigenvalue weighted by atomic mass is 35.5. The summed E-state index contributed by atoms with van der Waals surface area (Å²) in [6, 6.07) is 9.84. The van der Waals surface area contributed by atoms with Gasteiger partial charge < -0.3 is 15.8 Å². The van der Waals surface area contributed by atoms with Crippen LogP contribution in [0.5, 0.6) is 0 Å². The Kier molecular flexibility index (Phi) is 6.29. The highest BCUT2D eigenvalue weighted by Crippen LogP contribution is 2.57. The van der Waals surface area contributed by atoms with Gasteiger partial charge in [0.1, 0.15) is 0 Å². The van der Waals surface area contributed by atoms with Gasteiger partial charge in [-0.15, -0.1) is 12.4 Å². The van der Waals surface area contributed by atoms with Gasteiger partial charge in [0.05, 0.1) is 12.0 Å². The van der Waals surface area contributed by atoms with E-state index in [-0.39, 0.29) is 41.7 Å². The van der Waals surface area contributed by atoms with Crippen LogP contribution in [-0.4, -0.2) is 24.7 Å². The Balaban J connectivity index is 0.00000208. The molecule has 4 nitrogen and oxygen atoms in total. The van der Waals surface area contributed by atoms with Crippen LogP contribution in [0.1, 0.15) is 51.1 Å². The van der Waals surface area contributed by atoms with Gasteiger partial charge in [-0.05, 0) is 31.7 Å². The fraction of sp³-hybridized carbons (Fsp3) is 0.632. The smallest absolute Gasteiger partial charge is 0.224 e. The molecular formula is C19H29ClN2O2. The van der Waals surface area contributed by atoms with Crippen molar-refractivity contribution in [2.45, 2.75) is 57.7 Å². The topological polar surface area (TPSA) is 64.3 Å². The number of rotatable bonds is 6. The van der Waals surface area contributed by atoms with Crippen LogP contribution in [0.2, 0.25) is 0 Å². The minimum atomic E-state index is -0.267. The van der Waals surface area contributed by atoms with Crippen molar-refractivity contribution in [3.8, 4) is 0 Å². The van der Waals surface area contributed by atoms with Gasteiger partial charge >= 0.3 is 0 Å². The maximum Gasteiger partial charge on any atom is 0.224 e. The standard InChI is InChI=1S/C19H28N2O2.ClH/c1-3-23-16-12-15(19(16)10-7-11-19)21-18(22)13(2)17(20)14-8-5-4-6-9-14;/h4-6,8-9,13,15-17H,3,7,10-12,20H2,1-2H3,(H,21,22);1H. The minimum Gasteiger partial charge on any atom is -0.378 e. The summed E-state index contributed by atoms with van der Waals surface area (Å²) in [7, 11) is 0. The lowest BCUT2D eigenvalue weighted by Gasteiger charge is -2.61. The minimum absolute atomic E-state index is 0. The van der Waals surface area contributed by atoms with Crippen LogP contribution in [-0.2, 0) is 9.53 Å². The van der Waals surface area contributed by atoms with E-state index < -0.39 is 0 Å². The number of amides is 1. The number of nitrogens with one attached hydrogen (secondary N) is 1. The summed E-state index contributed by atoms with van der Waals surface area (Å²) in [5.41, 5.74) is 7.48. The molecule has 2 aliphatic carbocycles. The second kappa shape index (κ2) is 7.85. The van der Waals surface area contributed by atoms with Gasteiger partial charge in [-0.1, -0.05) is 43.7 Å². The van der Waals surface area contributed by atoms with E-state index in [1.807, 2.05) is 44.2 Å². The quantitative estimate of drug-likeness (QED) is 0.826. The predicted molar refractivity (Wildman–Crippen MR) is 98.0 cm³/mol. The molecule has 2 saturated carbocycles. The van der Waals surface area contributed by atoms with E-state index in [1.54, 1.807) is 0 Å². The van der Waals surface area contributed by atoms with Crippen LogP contribution in [0, 0.1) is 11.3 Å². The molecule has 3 rings (SSSR count). The van der Waals surface area contributed by atoms with E-state index >= 15 is 0 Å². The van der Waals surface area contributed by atoms with Crippen LogP contribution in [0.15, 0.2) is 30.3 Å². The lowest BCUT2D eigenvalue weighted by atomic mass is 9.51. The molecule has 2 aliphatic rings. The van der Waals surface area contributed by atoms with Crippen molar-refractivity contribution < 1.29 is 9.53 Å². The average Bonchev–Trinajstić information content (AvgIpc) is 2.51. The maximum atomic E-state index is 12.6. The van der Waals surface area contributed by atoms with Crippen LogP contribution in [0.3, 0.4) is 0 Å². The van der Waals surface area contributed by atoms with Crippen LogP contribution in [0.25, 0.3) is 0 Å². The molecule has 4 atom stereocenters. The van der Waals surface area contributed by atoms with E-state index in [0.29, 0.717) is 6.10 Å². The first-order valence-electron chi connectivity index (χ1n) is 8.81. The van der Waals surface area contributed by atoms with Crippen molar-refractivity contribution in [1.29, 1.82) is 0 Å². The van der Waals surface area contributed by atoms with E-state index in [1.165, 1.54) is 19.3 Å².